The normalized spacial score (nSPS) is 14.8. The number of rotatable bonds is 4. The maximum Gasteiger partial charge on any atom is 0.261 e. The van der Waals surface area contributed by atoms with Gasteiger partial charge in [0.1, 0.15) is 0 Å². The van der Waals surface area contributed by atoms with Gasteiger partial charge in [0.25, 0.3) is 5.91 Å². The molecule has 1 aromatic heterocycles. The van der Waals surface area contributed by atoms with E-state index in [0.29, 0.717) is 4.88 Å². The summed E-state index contributed by atoms with van der Waals surface area (Å²) < 4.78 is 0. The summed E-state index contributed by atoms with van der Waals surface area (Å²) in [6, 6.07) is 1.89. The summed E-state index contributed by atoms with van der Waals surface area (Å²) >= 11 is 1.49. The molecule has 3 nitrogen and oxygen atoms in total. The summed E-state index contributed by atoms with van der Waals surface area (Å²) in [6.45, 7) is 9.88. The van der Waals surface area contributed by atoms with Crippen molar-refractivity contribution in [1.29, 1.82) is 0 Å². The van der Waals surface area contributed by atoms with Crippen molar-refractivity contribution in [3.63, 3.8) is 0 Å². The molecule has 1 heterocycles. The van der Waals surface area contributed by atoms with Gasteiger partial charge in [0.2, 0.25) is 0 Å². The molecule has 1 amide bonds. The number of carbonyl (C=O) groups is 1. The van der Waals surface area contributed by atoms with Crippen LogP contribution in [0, 0.1) is 19.8 Å². The lowest BCUT2D eigenvalue weighted by atomic mass is 9.92. The number of aliphatic hydroxyl groups is 1. The van der Waals surface area contributed by atoms with Gasteiger partial charge in [0.15, 0.2) is 0 Å². The minimum absolute atomic E-state index is 0.105. The van der Waals surface area contributed by atoms with Crippen molar-refractivity contribution in [1.82, 2.24) is 5.32 Å². The van der Waals surface area contributed by atoms with E-state index in [-0.39, 0.29) is 18.4 Å². The average molecular weight is 255 g/mol. The zero-order chi connectivity index (χ0) is 13.2. The highest BCUT2D eigenvalue weighted by atomic mass is 32.1. The summed E-state index contributed by atoms with van der Waals surface area (Å²) in [5, 5.41) is 12.8. The third kappa shape index (κ3) is 3.54. The predicted molar refractivity (Wildman–Crippen MR) is 71.6 cm³/mol. The van der Waals surface area contributed by atoms with E-state index < -0.39 is 5.60 Å². The Balaban J connectivity index is 2.62. The van der Waals surface area contributed by atoms with Crippen LogP contribution < -0.4 is 5.32 Å². The molecule has 1 rings (SSSR count). The van der Waals surface area contributed by atoms with Crippen LogP contribution in [-0.4, -0.2) is 23.2 Å². The molecule has 0 aromatic carbocycles. The first-order chi connectivity index (χ1) is 7.74. The molecule has 0 saturated carbocycles. The standard InChI is InChI=1S/C13H21NO2S/c1-8(2)13(5,16)7-14-12(15)11-6-9(3)10(4)17-11/h6,8,16H,7H2,1-5H3,(H,14,15). The molecule has 0 fully saturated rings. The lowest BCUT2D eigenvalue weighted by Crippen LogP contribution is -2.44. The number of amides is 1. The molecule has 0 radical (unpaired) electrons. The number of aryl methyl sites for hydroxylation is 2. The van der Waals surface area contributed by atoms with E-state index >= 15 is 0 Å². The van der Waals surface area contributed by atoms with Gasteiger partial charge in [-0.3, -0.25) is 4.79 Å². The molecule has 0 aliphatic heterocycles. The van der Waals surface area contributed by atoms with Crippen LogP contribution in [0.3, 0.4) is 0 Å². The molecular formula is C13H21NO2S. The van der Waals surface area contributed by atoms with E-state index in [9.17, 15) is 9.90 Å². The molecule has 1 unspecified atom stereocenters. The van der Waals surface area contributed by atoms with Crippen LogP contribution in [0.4, 0.5) is 0 Å². The van der Waals surface area contributed by atoms with E-state index in [1.165, 1.54) is 11.3 Å². The quantitative estimate of drug-likeness (QED) is 0.868. The second kappa shape index (κ2) is 5.19. The lowest BCUT2D eigenvalue weighted by molar-refractivity contribution is 0.0143. The molecule has 1 aromatic rings. The van der Waals surface area contributed by atoms with Crippen molar-refractivity contribution in [3.8, 4) is 0 Å². The SMILES string of the molecule is Cc1cc(C(=O)NCC(C)(O)C(C)C)sc1C. The Hall–Kier alpha value is -0.870. The van der Waals surface area contributed by atoms with Crippen LogP contribution >= 0.6 is 11.3 Å². The fourth-order valence-corrected chi connectivity index (χ4v) is 2.19. The molecule has 2 N–H and O–H groups in total. The molecule has 4 heteroatoms. The van der Waals surface area contributed by atoms with Gasteiger partial charge < -0.3 is 10.4 Å². The van der Waals surface area contributed by atoms with E-state index in [1.54, 1.807) is 6.92 Å². The van der Waals surface area contributed by atoms with Crippen LogP contribution in [0.5, 0.6) is 0 Å². The van der Waals surface area contributed by atoms with Crippen LogP contribution in [0.2, 0.25) is 0 Å². The monoisotopic (exact) mass is 255 g/mol. The number of hydrogen-bond acceptors (Lipinski definition) is 3. The molecule has 0 aliphatic rings. The summed E-state index contributed by atoms with van der Waals surface area (Å²) in [4.78, 5) is 13.7. The van der Waals surface area contributed by atoms with Crippen molar-refractivity contribution in [2.24, 2.45) is 5.92 Å². The summed E-state index contributed by atoms with van der Waals surface area (Å²) in [7, 11) is 0. The number of nitrogens with one attached hydrogen (secondary N) is 1. The fourth-order valence-electron chi connectivity index (χ4n) is 1.24. The first-order valence-electron chi connectivity index (χ1n) is 5.81. The summed E-state index contributed by atoms with van der Waals surface area (Å²) in [5.41, 5.74) is 0.271. The van der Waals surface area contributed by atoms with Crippen LogP contribution in [0.25, 0.3) is 0 Å². The third-order valence-electron chi connectivity index (χ3n) is 3.24. The maximum absolute atomic E-state index is 11.9. The fraction of sp³-hybridized carbons (Fsp3) is 0.615. The van der Waals surface area contributed by atoms with Crippen molar-refractivity contribution in [2.45, 2.75) is 40.2 Å². The maximum atomic E-state index is 11.9. The number of hydrogen-bond donors (Lipinski definition) is 2. The second-order valence-electron chi connectivity index (χ2n) is 5.04. The van der Waals surface area contributed by atoms with Gasteiger partial charge in [-0.25, -0.2) is 0 Å². The van der Waals surface area contributed by atoms with E-state index in [0.717, 1.165) is 10.4 Å². The molecule has 1 atom stereocenters. The predicted octanol–water partition coefficient (Wildman–Crippen LogP) is 2.50. The first kappa shape index (κ1) is 14.2. The Morgan fingerprint density at radius 3 is 2.53 bits per heavy atom. The van der Waals surface area contributed by atoms with E-state index in [4.69, 9.17) is 0 Å². The minimum Gasteiger partial charge on any atom is -0.388 e. The van der Waals surface area contributed by atoms with Gasteiger partial charge in [-0.05, 0) is 38.3 Å². The smallest absolute Gasteiger partial charge is 0.261 e. The summed E-state index contributed by atoms with van der Waals surface area (Å²) in [5.74, 6) is 0.00160. The van der Waals surface area contributed by atoms with Gasteiger partial charge in [0, 0.05) is 11.4 Å². The molecule has 0 spiro atoms. The van der Waals surface area contributed by atoms with E-state index in [1.807, 2.05) is 33.8 Å². The van der Waals surface area contributed by atoms with Gasteiger partial charge >= 0.3 is 0 Å². The topological polar surface area (TPSA) is 49.3 Å². The average Bonchev–Trinajstić information content (AvgIpc) is 2.56. The highest BCUT2D eigenvalue weighted by Crippen LogP contribution is 2.21. The van der Waals surface area contributed by atoms with Crippen molar-refractivity contribution >= 4 is 17.2 Å². The molecular weight excluding hydrogens is 234 g/mol. The Morgan fingerprint density at radius 2 is 2.12 bits per heavy atom. The van der Waals surface area contributed by atoms with Crippen molar-refractivity contribution in [2.75, 3.05) is 6.54 Å². The van der Waals surface area contributed by atoms with Gasteiger partial charge in [-0.1, -0.05) is 13.8 Å². The number of carbonyl (C=O) groups excluding carboxylic acids is 1. The Labute approximate surface area is 107 Å². The Bertz CT molecular complexity index is 388. The Morgan fingerprint density at radius 1 is 1.53 bits per heavy atom. The second-order valence-corrected chi connectivity index (χ2v) is 6.30. The number of thiophene rings is 1. The molecule has 96 valence electrons. The van der Waals surface area contributed by atoms with Gasteiger partial charge in [0.05, 0.1) is 10.5 Å². The highest BCUT2D eigenvalue weighted by molar-refractivity contribution is 7.14. The largest absolute Gasteiger partial charge is 0.388 e. The molecule has 0 aliphatic carbocycles. The zero-order valence-corrected chi connectivity index (χ0v) is 11.9. The lowest BCUT2D eigenvalue weighted by Gasteiger charge is -2.27. The molecule has 17 heavy (non-hydrogen) atoms. The molecule has 0 saturated heterocycles. The summed E-state index contributed by atoms with van der Waals surface area (Å²) in [6.07, 6.45) is 0. The third-order valence-corrected chi connectivity index (χ3v) is 4.39. The Kier molecular flexibility index (Phi) is 4.33. The van der Waals surface area contributed by atoms with Crippen molar-refractivity contribution < 1.29 is 9.90 Å². The van der Waals surface area contributed by atoms with Crippen LogP contribution in [0.1, 0.15) is 40.9 Å². The first-order valence-corrected chi connectivity index (χ1v) is 6.63. The van der Waals surface area contributed by atoms with Gasteiger partial charge in [-0.15, -0.1) is 11.3 Å². The van der Waals surface area contributed by atoms with Crippen LogP contribution in [0.15, 0.2) is 6.07 Å². The minimum atomic E-state index is -0.864. The zero-order valence-electron chi connectivity index (χ0n) is 11.1. The van der Waals surface area contributed by atoms with Gasteiger partial charge in [-0.2, -0.15) is 0 Å². The van der Waals surface area contributed by atoms with E-state index in [2.05, 4.69) is 5.32 Å². The van der Waals surface area contributed by atoms with Crippen molar-refractivity contribution in [3.05, 3.63) is 21.4 Å². The van der Waals surface area contributed by atoms with Crippen LogP contribution in [-0.2, 0) is 0 Å². The highest BCUT2D eigenvalue weighted by Gasteiger charge is 2.25. The molecule has 0 bridgehead atoms.